The molecule has 1 fully saturated rings. The summed E-state index contributed by atoms with van der Waals surface area (Å²) in [6.07, 6.45) is 1.91. The Balaban J connectivity index is 2.19. The average Bonchev–Trinajstić information content (AvgIpc) is 2.54. The van der Waals surface area contributed by atoms with Gasteiger partial charge in [0.25, 0.3) is 0 Å². The number of hydrogen-bond donors (Lipinski definition) is 1. The lowest BCUT2D eigenvalue weighted by atomic mass is 10.0. The third-order valence-electron chi connectivity index (χ3n) is 4.38. The highest BCUT2D eigenvalue weighted by Gasteiger charge is 2.22. The highest BCUT2D eigenvalue weighted by molar-refractivity contribution is 7.99. The van der Waals surface area contributed by atoms with E-state index in [0.717, 1.165) is 37.4 Å². The van der Waals surface area contributed by atoms with Crippen LogP contribution >= 0.6 is 11.8 Å². The molecule has 6 heteroatoms. The van der Waals surface area contributed by atoms with E-state index >= 15 is 0 Å². The number of piperazine rings is 1. The van der Waals surface area contributed by atoms with Crippen molar-refractivity contribution in [2.24, 2.45) is 0 Å². The summed E-state index contributed by atoms with van der Waals surface area (Å²) in [4.78, 5) is 16.7. The zero-order chi connectivity index (χ0) is 17.0. The lowest BCUT2D eigenvalue weighted by Gasteiger charge is -2.36. The molecule has 0 aliphatic carbocycles. The number of anilines is 1. The van der Waals surface area contributed by atoms with Gasteiger partial charge in [-0.1, -0.05) is 0 Å². The zero-order valence-corrected chi connectivity index (χ0v) is 15.1. The predicted molar refractivity (Wildman–Crippen MR) is 95.6 cm³/mol. The quantitative estimate of drug-likeness (QED) is 0.894. The molecule has 1 heterocycles. The summed E-state index contributed by atoms with van der Waals surface area (Å²) in [7, 11) is 2.11. The van der Waals surface area contributed by atoms with Gasteiger partial charge in [0.05, 0.1) is 11.3 Å². The van der Waals surface area contributed by atoms with Gasteiger partial charge in [0.1, 0.15) is 5.82 Å². The van der Waals surface area contributed by atoms with Crippen molar-refractivity contribution < 1.29 is 9.18 Å². The van der Waals surface area contributed by atoms with Gasteiger partial charge in [-0.25, -0.2) is 4.39 Å². The molecule has 2 rings (SSSR count). The molecule has 1 aromatic carbocycles. The molecule has 0 spiro atoms. The van der Waals surface area contributed by atoms with Crippen LogP contribution in [0.15, 0.2) is 18.2 Å². The van der Waals surface area contributed by atoms with Crippen LogP contribution in [0.4, 0.5) is 10.1 Å². The summed E-state index contributed by atoms with van der Waals surface area (Å²) in [5.74, 6) is -0.282. The minimum absolute atomic E-state index is 0.0152. The zero-order valence-electron chi connectivity index (χ0n) is 14.3. The second-order valence-corrected chi connectivity index (χ2v) is 7.28. The molecule has 0 bridgehead atoms. The summed E-state index contributed by atoms with van der Waals surface area (Å²) in [6, 6.07) is 4.65. The Labute approximate surface area is 142 Å². The SMILES string of the molecule is CS[C@H](C)C(=O)N[C@H](C)c1cc(F)ccc1N1CCN(C)CC1. The topological polar surface area (TPSA) is 35.6 Å². The van der Waals surface area contributed by atoms with Gasteiger partial charge in [-0.3, -0.25) is 4.79 Å². The van der Waals surface area contributed by atoms with Crippen LogP contribution in [-0.2, 0) is 4.79 Å². The van der Waals surface area contributed by atoms with E-state index in [0.29, 0.717) is 0 Å². The van der Waals surface area contributed by atoms with E-state index in [-0.39, 0.29) is 23.0 Å². The summed E-state index contributed by atoms with van der Waals surface area (Å²) in [6.45, 7) is 7.59. The number of rotatable bonds is 5. The highest BCUT2D eigenvalue weighted by Crippen LogP contribution is 2.28. The smallest absolute Gasteiger partial charge is 0.233 e. The second kappa shape index (κ2) is 8.02. The number of halogens is 1. The molecule has 23 heavy (non-hydrogen) atoms. The molecule has 0 aromatic heterocycles. The molecule has 1 aromatic rings. The Morgan fingerprint density at radius 2 is 1.91 bits per heavy atom. The number of benzene rings is 1. The summed E-state index contributed by atoms with van der Waals surface area (Å²) < 4.78 is 13.8. The van der Waals surface area contributed by atoms with E-state index in [9.17, 15) is 9.18 Å². The van der Waals surface area contributed by atoms with Crippen molar-refractivity contribution in [3.8, 4) is 0 Å². The molecular weight excluding hydrogens is 313 g/mol. The maximum Gasteiger partial charge on any atom is 0.233 e. The van der Waals surface area contributed by atoms with E-state index in [1.165, 1.54) is 17.8 Å². The van der Waals surface area contributed by atoms with Crippen molar-refractivity contribution >= 4 is 23.4 Å². The number of carbonyl (C=O) groups is 1. The molecule has 0 saturated carbocycles. The van der Waals surface area contributed by atoms with Crippen LogP contribution in [-0.4, -0.2) is 55.5 Å². The molecule has 0 unspecified atom stereocenters. The number of amides is 1. The van der Waals surface area contributed by atoms with E-state index in [1.807, 2.05) is 26.2 Å². The molecular formula is C17H26FN3OS. The van der Waals surface area contributed by atoms with Gasteiger partial charge in [0.15, 0.2) is 0 Å². The van der Waals surface area contributed by atoms with Crippen LogP contribution in [0.1, 0.15) is 25.5 Å². The lowest BCUT2D eigenvalue weighted by Crippen LogP contribution is -2.45. The normalized spacial score (nSPS) is 18.6. The standard InChI is InChI=1S/C17H26FN3OS/c1-12(19-17(22)13(2)23-4)15-11-14(18)5-6-16(15)21-9-7-20(3)8-10-21/h5-6,11-13H,7-10H2,1-4H3,(H,19,22)/t12-,13-/m1/s1. The molecule has 1 N–H and O–H groups in total. The van der Waals surface area contributed by atoms with Gasteiger partial charge in [-0.05, 0) is 45.4 Å². The van der Waals surface area contributed by atoms with Crippen molar-refractivity contribution in [1.29, 1.82) is 0 Å². The van der Waals surface area contributed by atoms with Crippen LogP contribution in [0, 0.1) is 5.82 Å². The van der Waals surface area contributed by atoms with Crippen molar-refractivity contribution in [3.05, 3.63) is 29.6 Å². The minimum atomic E-state index is -0.267. The Morgan fingerprint density at radius 3 is 2.52 bits per heavy atom. The van der Waals surface area contributed by atoms with Crippen molar-refractivity contribution in [3.63, 3.8) is 0 Å². The van der Waals surface area contributed by atoms with Gasteiger partial charge in [0, 0.05) is 37.4 Å². The Morgan fingerprint density at radius 1 is 1.26 bits per heavy atom. The van der Waals surface area contributed by atoms with Crippen LogP contribution in [0.25, 0.3) is 0 Å². The largest absolute Gasteiger partial charge is 0.369 e. The predicted octanol–water partition coefficient (Wildman–Crippen LogP) is 2.51. The van der Waals surface area contributed by atoms with Crippen LogP contribution < -0.4 is 10.2 Å². The average molecular weight is 339 g/mol. The van der Waals surface area contributed by atoms with E-state index in [4.69, 9.17) is 0 Å². The van der Waals surface area contributed by atoms with E-state index in [1.54, 1.807) is 6.07 Å². The number of nitrogens with one attached hydrogen (secondary N) is 1. The molecule has 128 valence electrons. The Bertz CT molecular complexity index is 547. The van der Waals surface area contributed by atoms with Crippen LogP contribution in [0.5, 0.6) is 0 Å². The fourth-order valence-corrected chi connectivity index (χ4v) is 3.01. The van der Waals surface area contributed by atoms with Gasteiger partial charge in [-0.15, -0.1) is 0 Å². The first-order valence-electron chi connectivity index (χ1n) is 7.98. The number of thioether (sulfide) groups is 1. The van der Waals surface area contributed by atoms with E-state index < -0.39 is 0 Å². The van der Waals surface area contributed by atoms with Crippen LogP contribution in [0.2, 0.25) is 0 Å². The first-order valence-corrected chi connectivity index (χ1v) is 9.27. The molecule has 2 atom stereocenters. The van der Waals surface area contributed by atoms with Gasteiger partial charge in [-0.2, -0.15) is 11.8 Å². The van der Waals surface area contributed by atoms with Crippen molar-refractivity contribution in [2.45, 2.75) is 25.1 Å². The van der Waals surface area contributed by atoms with Gasteiger partial charge < -0.3 is 15.1 Å². The fourth-order valence-electron chi connectivity index (χ4n) is 2.72. The highest BCUT2D eigenvalue weighted by atomic mass is 32.2. The second-order valence-electron chi connectivity index (χ2n) is 6.10. The molecule has 1 amide bonds. The van der Waals surface area contributed by atoms with Gasteiger partial charge in [0.2, 0.25) is 5.91 Å². The minimum Gasteiger partial charge on any atom is -0.369 e. The summed E-state index contributed by atoms with van der Waals surface area (Å²) in [5, 5.41) is 2.89. The monoisotopic (exact) mass is 339 g/mol. The number of nitrogens with zero attached hydrogens (tertiary/aromatic N) is 2. The summed E-state index contributed by atoms with van der Waals surface area (Å²) in [5.41, 5.74) is 1.86. The van der Waals surface area contributed by atoms with Crippen molar-refractivity contribution in [2.75, 3.05) is 44.4 Å². The molecule has 1 saturated heterocycles. The number of carbonyl (C=O) groups excluding carboxylic acids is 1. The third-order valence-corrected chi connectivity index (χ3v) is 5.30. The summed E-state index contributed by atoms with van der Waals surface area (Å²) >= 11 is 1.50. The fraction of sp³-hybridized carbons (Fsp3) is 0.588. The third kappa shape index (κ3) is 4.61. The number of hydrogen-bond acceptors (Lipinski definition) is 4. The maximum atomic E-state index is 13.8. The number of likely N-dealkylation sites (N-methyl/N-ethyl adjacent to an activating group) is 1. The molecule has 4 nitrogen and oxygen atoms in total. The Hall–Kier alpha value is -1.27. The van der Waals surface area contributed by atoms with Gasteiger partial charge >= 0.3 is 0 Å². The van der Waals surface area contributed by atoms with E-state index in [2.05, 4.69) is 22.2 Å². The molecule has 0 radical (unpaired) electrons. The Kier molecular flexibility index (Phi) is 6.30. The molecule has 1 aliphatic heterocycles. The first kappa shape index (κ1) is 18.1. The molecule has 1 aliphatic rings. The van der Waals surface area contributed by atoms with Crippen molar-refractivity contribution in [1.82, 2.24) is 10.2 Å². The first-order chi connectivity index (χ1) is 10.9. The maximum absolute atomic E-state index is 13.8. The lowest BCUT2D eigenvalue weighted by molar-refractivity contribution is -0.120. The van der Waals surface area contributed by atoms with Crippen LogP contribution in [0.3, 0.4) is 0 Å².